The number of hydrogen-bond donors (Lipinski definition) is 3. The van der Waals surface area contributed by atoms with Crippen LogP contribution >= 0.6 is 0 Å². The third-order valence-electron chi connectivity index (χ3n) is 0.496. The highest BCUT2D eigenvalue weighted by Gasteiger charge is 2.45. The van der Waals surface area contributed by atoms with Crippen LogP contribution in [0.15, 0.2) is 0 Å². The SMILES string of the molecule is CC(=O)O.CC(O)CO.FC(F)(F)OC(F)(F)F. The minimum atomic E-state index is -5.64. The van der Waals surface area contributed by atoms with Crippen LogP contribution in [-0.2, 0) is 9.53 Å². The van der Waals surface area contributed by atoms with Crippen molar-refractivity contribution in [3.05, 3.63) is 0 Å². The second-order valence-electron chi connectivity index (χ2n) is 2.54. The smallest absolute Gasteiger partial charge is 0.481 e. The lowest BCUT2D eigenvalue weighted by molar-refractivity contribution is -0.463. The van der Waals surface area contributed by atoms with E-state index in [0.717, 1.165) is 6.92 Å². The Kier molecular flexibility index (Phi) is 12.2. The number of aliphatic carboxylic acids is 1. The average Bonchev–Trinajstić information content (AvgIpc) is 1.96. The van der Waals surface area contributed by atoms with Gasteiger partial charge >= 0.3 is 12.7 Å². The Bertz CT molecular complexity index is 195. The van der Waals surface area contributed by atoms with Gasteiger partial charge in [-0.2, -0.15) is 4.74 Å². The first kappa shape index (κ1) is 22.1. The summed E-state index contributed by atoms with van der Waals surface area (Å²) in [6.07, 6.45) is -11.8. The lowest BCUT2D eigenvalue weighted by Crippen LogP contribution is -2.25. The molecule has 1 atom stereocenters. The molecular formula is C7H12F6O5. The third-order valence-corrected chi connectivity index (χ3v) is 0.496. The van der Waals surface area contributed by atoms with Crippen LogP contribution in [0.3, 0.4) is 0 Å². The number of rotatable bonds is 1. The summed E-state index contributed by atoms with van der Waals surface area (Å²) < 4.78 is 65.3. The second-order valence-corrected chi connectivity index (χ2v) is 2.54. The normalized spacial score (nSPS) is 12.6. The number of alkyl halides is 6. The topological polar surface area (TPSA) is 87.0 Å². The Morgan fingerprint density at radius 3 is 1.33 bits per heavy atom. The molecule has 1 unspecified atom stereocenters. The highest BCUT2D eigenvalue weighted by molar-refractivity contribution is 5.62. The molecule has 0 rings (SSSR count). The molecule has 0 aliphatic heterocycles. The minimum absolute atomic E-state index is 0.139. The van der Waals surface area contributed by atoms with Gasteiger partial charge in [0.15, 0.2) is 0 Å². The van der Waals surface area contributed by atoms with E-state index in [1.165, 1.54) is 6.92 Å². The lowest BCUT2D eigenvalue weighted by atomic mass is 10.5. The molecule has 0 amide bonds. The lowest BCUT2D eigenvalue weighted by Gasteiger charge is -2.08. The van der Waals surface area contributed by atoms with E-state index >= 15 is 0 Å². The zero-order valence-electron chi connectivity index (χ0n) is 9.21. The van der Waals surface area contributed by atoms with E-state index in [0.29, 0.717) is 0 Å². The quantitative estimate of drug-likeness (QED) is 0.637. The summed E-state index contributed by atoms with van der Waals surface area (Å²) in [6.45, 7) is 2.47. The molecule has 0 radical (unpaired) electrons. The first-order chi connectivity index (χ1) is 7.71. The molecule has 0 bridgehead atoms. The number of carboxylic acids is 1. The van der Waals surface area contributed by atoms with Crippen molar-refractivity contribution in [1.29, 1.82) is 0 Å². The summed E-state index contributed by atoms with van der Waals surface area (Å²) in [5.41, 5.74) is 0. The van der Waals surface area contributed by atoms with E-state index in [1.807, 2.05) is 0 Å². The average molecular weight is 290 g/mol. The van der Waals surface area contributed by atoms with Gasteiger partial charge in [0.2, 0.25) is 0 Å². The number of aliphatic hydroxyl groups excluding tert-OH is 2. The van der Waals surface area contributed by atoms with Gasteiger partial charge in [-0.05, 0) is 6.92 Å². The molecule has 0 heterocycles. The molecule has 0 spiro atoms. The highest BCUT2D eigenvalue weighted by Crippen LogP contribution is 2.28. The van der Waals surface area contributed by atoms with Gasteiger partial charge in [-0.3, -0.25) is 4.79 Å². The van der Waals surface area contributed by atoms with E-state index in [4.69, 9.17) is 20.1 Å². The number of ether oxygens (including phenoxy) is 1. The molecule has 11 heteroatoms. The largest absolute Gasteiger partial charge is 0.529 e. The Balaban J connectivity index is -0.000000212. The molecule has 0 aromatic carbocycles. The van der Waals surface area contributed by atoms with Gasteiger partial charge in [0.1, 0.15) is 0 Å². The van der Waals surface area contributed by atoms with Crippen molar-refractivity contribution in [3.8, 4) is 0 Å². The summed E-state index contributed by atoms with van der Waals surface area (Å²) in [5, 5.41) is 23.4. The van der Waals surface area contributed by atoms with Gasteiger partial charge in [-0.15, -0.1) is 26.3 Å². The predicted molar refractivity (Wildman–Crippen MR) is 45.3 cm³/mol. The van der Waals surface area contributed by atoms with Crippen molar-refractivity contribution in [2.24, 2.45) is 0 Å². The first-order valence-corrected chi connectivity index (χ1v) is 4.03. The zero-order chi connectivity index (χ0) is 15.6. The fourth-order valence-electron chi connectivity index (χ4n) is 0.131. The van der Waals surface area contributed by atoms with Crippen LogP contribution in [0.5, 0.6) is 0 Å². The van der Waals surface area contributed by atoms with Crippen molar-refractivity contribution < 1.29 is 51.2 Å². The molecule has 0 aliphatic rings. The molecule has 0 aromatic rings. The van der Waals surface area contributed by atoms with Gasteiger partial charge in [0, 0.05) is 6.92 Å². The molecule has 0 fully saturated rings. The Labute approximate surface area is 97.6 Å². The zero-order valence-corrected chi connectivity index (χ0v) is 9.21. The van der Waals surface area contributed by atoms with E-state index in [9.17, 15) is 26.3 Å². The predicted octanol–water partition coefficient (Wildman–Crippen LogP) is 1.49. The standard InChI is InChI=1S/C3H8O2.C2F6O.C2H4O2/c1-3(5)2-4;3-1(4,5)9-2(6,7)8;1-2(3)4/h3-5H,2H2,1H3;;1H3,(H,3,4). The van der Waals surface area contributed by atoms with Gasteiger partial charge in [-0.25, -0.2) is 0 Å². The van der Waals surface area contributed by atoms with Gasteiger partial charge < -0.3 is 15.3 Å². The Morgan fingerprint density at radius 2 is 1.33 bits per heavy atom. The summed E-state index contributed by atoms with van der Waals surface area (Å²) >= 11 is 0. The highest BCUT2D eigenvalue weighted by atomic mass is 19.4. The number of hydrogen-bond acceptors (Lipinski definition) is 4. The maximum atomic E-state index is 10.6. The maximum absolute atomic E-state index is 10.6. The van der Waals surface area contributed by atoms with Crippen LogP contribution in [-0.4, -0.2) is 46.7 Å². The summed E-state index contributed by atoms with van der Waals surface area (Å²) in [6, 6.07) is 0. The van der Waals surface area contributed by atoms with E-state index in [2.05, 4.69) is 0 Å². The molecular weight excluding hydrogens is 278 g/mol. The van der Waals surface area contributed by atoms with Crippen LogP contribution in [0.1, 0.15) is 13.8 Å². The van der Waals surface area contributed by atoms with Gasteiger partial charge in [-0.1, -0.05) is 0 Å². The van der Waals surface area contributed by atoms with Crippen LogP contribution in [0.4, 0.5) is 26.3 Å². The van der Waals surface area contributed by atoms with Crippen molar-refractivity contribution in [3.63, 3.8) is 0 Å². The molecule has 112 valence electrons. The van der Waals surface area contributed by atoms with Crippen LogP contribution in [0.2, 0.25) is 0 Å². The number of carbonyl (C=O) groups is 1. The maximum Gasteiger partial charge on any atom is 0.529 e. The minimum Gasteiger partial charge on any atom is -0.481 e. The fraction of sp³-hybridized carbons (Fsp3) is 0.857. The van der Waals surface area contributed by atoms with Crippen LogP contribution in [0, 0.1) is 0 Å². The first-order valence-electron chi connectivity index (χ1n) is 4.03. The number of carboxylic acid groups (broad SMARTS) is 1. The van der Waals surface area contributed by atoms with E-state index in [1.54, 1.807) is 4.74 Å². The number of halogens is 6. The molecule has 0 saturated heterocycles. The second kappa shape index (κ2) is 9.91. The molecule has 0 aromatic heterocycles. The summed E-state index contributed by atoms with van der Waals surface area (Å²) in [5.74, 6) is -0.833. The van der Waals surface area contributed by atoms with Crippen molar-refractivity contribution in [1.82, 2.24) is 0 Å². The van der Waals surface area contributed by atoms with Crippen molar-refractivity contribution in [2.45, 2.75) is 32.7 Å². The third kappa shape index (κ3) is 60.3. The van der Waals surface area contributed by atoms with Gasteiger partial charge in [0.25, 0.3) is 5.97 Å². The Hall–Kier alpha value is -1.07. The summed E-state index contributed by atoms with van der Waals surface area (Å²) in [4.78, 5) is 9.00. The van der Waals surface area contributed by atoms with E-state index in [-0.39, 0.29) is 6.61 Å². The molecule has 0 saturated carbocycles. The van der Waals surface area contributed by atoms with Crippen molar-refractivity contribution >= 4 is 5.97 Å². The van der Waals surface area contributed by atoms with Gasteiger partial charge in [0.05, 0.1) is 12.7 Å². The van der Waals surface area contributed by atoms with Crippen molar-refractivity contribution in [2.75, 3.05) is 6.61 Å². The van der Waals surface area contributed by atoms with E-state index < -0.39 is 24.8 Å². The molecule has 5 nitrogen and oxygen atoms in total. The molecule has 3 N–H and O–H groups in total. The Morgan fingerprint density at radius 1 is 1.17 bits per heavy atom. The van der Waals surface area contributed by atoms with Crippen LogP contribution in [0.25, 0.3) is 0 Å². The fourth-order valence-corrected chi connectivity index (χ4v) is 0.131. The molecule has 18 heavy (non-hydrogen) atoms. The van der Waals surface area contributed by atoms with Crippen LogP contribution < -0.4 is 0 Å². The summed E-state index contributed by atoms with van der Waals surface area (Å²) in [7, 11) is 0. The monoisotopic (exact) mass is 290 g/mol. The number of aliphatic hydroxyl groups is 2. The molecule has 0 aliphatic carbocycles.